The van der Waals surface area contributed by atoms with Gasteiger partial charge in [0.2, 0.25) is 5.82 Å². The predicted molar refractivity (Wildman–Crippen MR) is 59.4 cm³/mol. The molecule has 0 amide bonds. The smallest absolute Gasteiger partial charge is 0.327 e. The maximum absolute atomic E-state index is 10.8. The predicted octanol–water partition coefficient (Wildman–Crippen LogP) is 0.878. The minimum absolute atomic E-state index is 0.0942. The third kappa shape index (κ3) is 3.17. The molecule has 0 saturated heterocycles. The van der Waals surface area contributed by atoms with E-state index in [-0.39, 0.29) is 17.9 Å². The molecule has 2 N–H and O–H groups in total. The fraction of sp³-hybridized carbons (Fsp3) is 0.200. The van der Waals surface area contributed by atoms with Crippen molar-refractivity contribution >= 4 is 17.5 Å². The van der Waals surface area contributed by atoms with Crippen LogP contribution in [0.15, 0.2) is 18.3 Å². The summed E-state index contributed by atoms with van der Waals surface area (Å²) in [5.41, 5.74) is -0.296. The number of rotatable bonds is 5. The molecule has 0 bridgehead atoms. The van der Waals surface area contributed by atoms with Crippen molar-refractivity contribution in [2.45, 2.75) is 12.5 Å². The Labute approximate surface area is 96.6 Å². The highest BCUT2D eigenvalue weighted by molar-refractivity contribution is 5.78. The van der Waals surface area contributed by atoms with E-state index >= 15 is 0 Å². The maximum atomic E-state index is 10.8. The number of aliphatic carboxylic acids is 1. The van der Waals surface area contributed by atoms with Crippen LogP contribution >= 0.6 is 0 Å². The fourth-order valence-corrected chi connectivity index (χ4v) is 1.14. The normalized spacial score (nSPS) is 11.2. The first-order valence-corrected chi connectivity index (χ1v) is 4.58. The van der Waals surface area contributed by atoms with Crippen LogP contribution in [0.2, 0.25) is 0 Å². The lowest BCUT2D eigenvalue weighted by Crippen LogP contribution is -2.29. The van der Waals surface area contributed by atoms with Gasteiger partial charge in [-0.2, -0.15) is 0 Å². The van der Waals surface area contributed by atoms with E-state index in [9.17, 15) is 14.9 Å². The summed E-state index contributed by atoms with van der Waals surface area (Å²) in [6, 6.07) is 1.51. The third-order valence-corrected chi connectivity index (χ3v) is 1.91. The highest BCUT2D eigenvalue weighted by Gasteiger charge is 2.21. The van der Waals surface area contributed by atoms with Gasteiger partial charge in [0.05, 0.1) is 4.92 Å². The third-order valence-electron chi connectivity index (χ3n) is 1.91. The Morgan fingerprint density at radius 1 is 1.76 bits per heavy atom. The Balaban J connectivity index is 2.97. The summed E-state index contributed by atoms with van der Waals surface area (Å²) in [5, 5.41) is 21.9. The number of aromatic nitrogens is 1. The lowest BCUT2D eigenvalue weighted by molar-refractivity contribution is -0.384. The number of carboxylic acid groups (broad SMARTS) is 1. The topological polar surface area (TPSA) is 105 Å². The number of carboxylic acids is 1. The van der Waals surface area contributed by atoms with Gasteiger partial charge in [0, 0.05) is 18.7 Å². The minimum Gasteiger partial charge on any atom is -0.480 e. The van der Waals surface area contributed by atoms with Crippen molar-refractivity contribution in [3.63, 3.8) is 0 Å². The molecular weight excluding hydrogens is 226 g/mol. The van der Waals surface area contributed by atoms with Gasteiger partial charge < -0.3 is 10.4 Å². The van der Waals surface area contributed by atoms with Crippen molar-refractivity contribution in [3.05, 3.63) is 28.4 Å². The van der Waals surface area contributed by atoms with Crippen LogP contribution in [0, 0.1) is 22.5 Å². The van der Waals surface area contributed by atoms with Gasteiger partial charge in [-0.1, -0.05) is 0 Å². The maximum Gasteiger partial charge on any atom is 0.327 e. The van der Waals surface area contributed by atoms with Crippen LogP contribution in [0.4, 0.5) is 11.5 Å². The van der Waals surface area contributed by atoms with Crippen LogP contribution < -0.4 is 5.32 Å². The molecule has 7 nitrogen and oxygen atoms in total. The van der Waals surface area contributed by atoms with Gasteiger partial charge in [-0.3, -0.25) is 10.1 Å². The van der Waals surface area contributed by atoms with E-state index in [2.05, 4.69) is 16.2 Å². The summed E-state index contributed by atoms with van der Waals surface area (Å²) < 4.78 is 0. The van der Waals surface area contributed by atoms with Crippen molar-refractivity contribution < 1.29 is 14.8 Å². The summed E-state index contributed by atoms with van der Waals surface area (Å²) in [6.07, 6.45) is 6.24. The van der Waals surface area contributed by atoms with Crippen LogP contribution in [0.25, 0.3) is 0 Å². The number of terminal acetylenes is 1. The lowest BCUT2D eigenvalue weighted by atomic mass is 10.2. The molecule has 1 rings (SSSR count). The zero-order valence-electron chi connectivity index (χ0n) is 8.66. The molecule has 88 valence electrons. The van der Waals surface area contributed by atoms with Crippen LogP contribution in [-0.4, -0.2) is 27.0 Å². The molecule has 17 heavy (non-hydrogen) atoms. The average molecular weight is 235 g/mol. The molecular formula is C10H9N3O4. The number of hydrogen-bond donors (Lipinski definition) is 2. The van der Waals surface area contributed by atoms with Gasteiger partial charge in [0.15, 0.2) is 0 Å². The Hall–Kier alpha value is -2.62. The molecule has 7 heteroatoms. The molecule has 0 radical (unpaired) electrons. The number of pyridine rings is 1. The molecule has 1 aromatic heterocycles. The van der Waals surface area contributed by atoms with Gasteiger partial charge in [-0.25, -0.2) is 9.78 Å². The van der Waals surface area contributed by atoms with Crippen LogP contribution in [0.5, 0.6) is 0 Å². The zero-order chi connectivity index (χ0) is 12.8. The molecule has 0 fully saturated rings. The first-order chi connectivity index (χ1) is 8.06. The Bertz CT molecular complexity index is 481. The average Bonchev–Trinajstić information content (AvgIpc) is 2.28. The molecule has 1 heterocycles. The van der Waals surface area contributed by atoms with Crippen LogP contribution in [-0.2, 0) is 4.79 Å². The SMILES string of the molecule is C#CCC(Nc1ncccc1[N+](=O)[O-])C(=O)O. The first-order valence-electron chi connectivity index (χ1n) is 4.58. The second-order valence-corrected chi connectivity index (χ2v) is 3.07. The molecule has 0 aromatic carbocycles. The van der Waals surface area contributed by atoms with E-state index < -0.39 is 16.9 Å². The van der Waals surface area contributed by atoms with Crippen molar-refractivity contribution in [1.82, 2.24) is 4.98 Å². The molecule has 1 atom stereocenters. The summed E-state index contributed by atoms with van der Waals surface area (Å²) >= 11 is 0. The number of anilines is 1. The number of carbonyl (C=O) groups is 1. The first kappa shape index (κ1) is 12.4. The van der Waals surface area contributed by atoms with Gasteiger partial charge in [0.1, 0.15) is 6.04 Å². The molecule has 0 spiro atoms. The summed E-state index contributed by atoms with van der Waals surface area (Å²) in [4.78, 5) is 24.6. The monoisotopic (exact) mass is 235 g/mol. The van der Waals surface area contributed by atoms with E-state index in [1.54, 1.807) is 0 Å². The van der Waals surface area contributed by atoms with E-state index in [1.165, 1.54) is 18.3 Å². The second kappa shape index (κ2) is 5.46. The molecule has 0 aliphatic carbocycles. The summed E-state index contributed by atoms with van der Waals surface area (Å²) in [7, 11) is 0. The van der Waals surface area contributed by atoms with Crippen LogP contribution in [0.1, 0.15) is 6.42 Å². The number of nitrogens with one attached hydrogen (secondary N) is 1. The van der Waals surface area contributed by atoms with Crippen molar-refractivity contribution in [3.8, 4) is 12.3 Å². The van der Waals surface area contributed by atoms with Crippen molar-refractivity contribution in [2.24, 2.45) is 0 Å². The standard InChI is InChI=1S/C10H9N3O4/c1-2-4-7(10(14)15)12-9-8(13(16)17)5-3-6-11-9/h1,3,5-7H,4H2,(H,11,12)(H,14,15). The zero-order valence-corrected chi connectivity index (χ0v) is 8.66. The molecule has 0 saturated carbocycles. The Kier molecular flexibility index (Phi) is 4.00. The van der Waals surface area contributed by atoms with E-state index in [0.29, 0.717) is 0 Å². The quantitative estimate of drug-likeness (QED) is 0.445. The molecule has 0 aliphatic rings. The lowest BCUT2D eigenvalue weighted by Gasteiger charge is -2.11. The van der Waals surface area contributed by atoms with Gasteiger partial charge >= 0.3 is 11.7 Å². The summed E-state index contributed by atoms with van der Waals surface area (Å²) in [5.74, 6) is 0.874. The number of hydrogen-bond acceptors (Lipinski definition) is 5. The molecule has 1 unspecified atom stereocenters. The van der Waals surface area contributed by atoms with E-state index in [1.807, 2.05) is 0 Å². The molecule has 0 aliphatic heterocycles. The largest absolute Gasteiger partial charge is 0.480 e. The Morgan fingerprint density at radius 2 is 2.47 bits per heavy atom. The summed E-state index contributed by atoms with van der Waals surface area (Å²) in [6.45, 7) is 0. The van der Waals surface area contributed by atoms with E-state index in [4.69, 9.17) is 11.5 Å². The second-order valence-electron chi connectivity index (χ2n) is 3.07. The van der Waals surface area contributed by atoms with Crippen LogP contribution in [0.3, 0.4) is 0 Å². The molecule has 1 aromatic rings. The Morgan fingerprint density at radius 3 is 3.00 bits per heavy atom. The van der Waals surface area contributed by atoms with Gasteiger partial charge in [-0.05, 0) is 6.07 Å². The minimum atomic E-state index is -1.19. The fourth-order valence-electron chi connectivity index (χ4n) is 1.14. The van der Waals surface area contributed by atoms with Crippen molar-refractivity contribution in [2.75, 3.05) is 5.32 Å². The van der Waals surface area contributed by atoms with E-state index in [0.717, 1.165) is 0 Å². The van der Waals surface area contributed by atoms with Gasteiger partial charge in [0.25, 0.3) is 0 Å². The highest BCUT2D eigenvalue weighted by atomic mass is 16.6. The highest BCUT2D eigenvalue weighted by Crippen LogP contribution is 2.21. The number of nitro groups is 1. The van der Waals surface area contributed by atoms with Gasteiger partial charge in [-0.15, -0.1) is 12.3 Å². The number of nitrogens with zero attached hydrogens (tertiary/aromatic N) is 2. The van der Waals surface area contributed by atoms with Crippen molar-refractivity contribution in [1.29, 1.82) is 0 Å².